The zero-order valence-electron chi connectivity index (χ0n) is 29.1. The van der Waals surface area contributed by atoms with Crippen LogP contribution in [0.5, 0.6) is 0 Å². The minimum absolute atomic E-state index is 0. The number of nitrogens with zero attached hydrogens (tertiary/aromatic N) is 1. The van der Waals surface area contributed by atoms with E-state index in [1.165, 1.54) is 43.4 Å². The molecule has 0 amide bonds. The SMILES string of the molecule is CC(C)p1c2ccccc2c2ccnc(-c3[c-]c4ccccc4c(C(C)(C)C)c3)c21.CCC(CC)C(=O)/C=C(\O)C(CC)CC.[Ir]. The molecule has 1 unspecified atom stereocenters. The van der Waals surface area contributed by atoms with Crippen molar-refractivity contribution in [1.29, 1.82) is 0 Å². The molecule has 247 valence electrons. The molecule has 0 aliphatic carbocycles. The van der Waals surface area contributed by atoms with Gasteiger partial charge in [0.15, 0.2) is 5.78 Å². The average molecular weight is 813 g/mol. The molecular formula is C41H51IrNO2P-. The molecular weight excluding hydrogens is 762 g/mol. The fraction of sp³-hybridized carbons (Fsp3) is 0.415. The molecule has 5 heteroatoms. The quantitative estimate of drug-likeness (QED) is 0.0916. The van der Waals surface area contributed by atoms with Crippen LogP contribution in [0.4, 0.5) is 0 Å². The van der Waals surface area contributed by atoms with Gasteiger partial charge in [-0.1, -0.05) is 116 Å². The zero-order chi connectivity index (χ0) is 32.9. The topological polar surface area (TPSA) is 50.2 Å². The van der Waals surface area contributed by atoms with E-state index in [1.807, 2.05) is 33.9 Å². The summed E-state index contributed by atoms with van der Waals surface area (Å²) in [6.45, 7) is 19.6. The second-order valence-corrected chi connectivity index (χ2v) is 16.1. The Hall–Kier alpha value is -2.77. The van der Waals surface area contributed by atoms with Gasteiger partial charge in [0, 0.05) is 55.0 Å². The Balaban J connectivity index is 0.000000309. The predicted molar refractivity (Wildman–Crippen MR) is 197 cm³/mol. The predicted octanol–water partition coefficient (Wildman–Crippen LogP) is 12.7. The normalized spacial score (nSPS) is 12.6. The summed E-state index contributed by atoms with van der Waals surface area (Å²) in [5.74, 6) is 0.547. The van der Waals surface area contributed by atoms with Crippen LogP contribution in [0.15, 0.2) is 78.7 Å². The van der Waals surface area contributed by atoms with Gasteiger partial charge in [-0.3, -0.25) is 9.78 Å². The summed E-state index contributed by atoms with van der Waals surface area (Å²) in [4.78, 5) is 16.7. The first-order valence-corrected chi connectivity index (χ1v) is 18.2. The smallest absolute Gasteiger partial charge is 0.162 e. The number of pyridine rings is 1. The number of carbonyl (C=O) groups is 1. The zero-order valence-corrected chi connectivity index (χ0v) is 32.4. The third kappa shape index (κ3) is 8.02. The van der Waals surface area contributed by atoms with Crippen molar-refractivity contribution in [2.75, 3.05) is 0 Å². The molecule has 1 N–H and O–H groups in total. The van der Waals surface area contributed by atoms with Crippen LogP contribution in [0.3, 0.4) is 0 Å². The Bertz CT molecular complexity index is 1800. The van der Waals surface area contributed by atoms with E-state index in [1.54, 1.807) is 0 Å². The van der Waals surface area contributed by atoms with E-state index in [0.29, 0.717) is 5.66 Å². The molecule has 0 saturated heterocycles. The maximum absolute atomic E-state index is 11.7. The van der Waals surface area contributed by atoms with Gasteiger partial charge < -0.3 is 5.11 Å². The Kier molecular flexibility index (Phi) is 13.4. The molecule has 0 fully saturated rings. The van der Waals surface area contributed by atoms with Gasteiger partial charge >= 0.3 is 0 Å². The number of allylic oxidation sites excluding steroid dienone is 2. The van der Waals surface area contributed by atoms with Gasteiger partial charge in [0.1, 0.15) is 0 Å². The standard InChI is InChI=1S/C28H27NP.C13H24O2.Ir/c1-18(2)30-25-13-9-8-12-22(25)23-14-15-29-26(27(23)30)20-16-19-10-6-7-11-21(19)24(17-20)28(3,4)5;1-5-10(6-2)12(14)9-13(15)11(7-3)8-4;/h6-15,17-18H,1-5H3;9-11,14H,5-8H2,1-4H3;/q-1;;/b;12-9-;. The van der Waals surface area contributed by atoms with E-state index < -0.39 is 7.53 Å². The fourth-order valence-electron chi connectivity index (χ4n) is 6.44. The minimum Gasteiger partial charge on any atom is -0.512 e. The van der Waals surface area contributed by atoms with Gasteiger partial charge in [-0.25, -0.2) is 0 Å². The number of rotatable bonds is 9. The molecule has 1 radical (unpaired) electrons. The Morgan fingerprint density at radius 3 is 2.04 bits per heavy atom. The van der Waals surface area contributed by atoms with Crippen molar-refractivity contribution in [3.05, 3.63) is 90.3 Å². The Morgan fingerprint density at radius 1 is 0.870 bits per heavy atom. The van der Waals surface area contributed by atoms with Crippen LogP contribution < -0.4 is 0 Å². The van der Waals surface area contributed by atoms with Crippen LogP contribution in [0, 0.1) is 17.9 Å². The summed E-state index contributed by atoms with van der Waals surface area (Å²) in [6, 6.07) is 25.8. The van der Waals surface area contributed by atoms with Gasteiger partial charge in [-0.05, 0) is 58.7 Å². The number of aliphatic hydroxyl groups excluding tert-OH is 1. The third-order valence-corrected chi connectivity index (χ3v) is 11.9. The van der Waals surface area contributed by atoms with Crippen LogP contribution in [0.25, 0.3) is 43.0 Å². The molecule has 2 heterocycles. The molecule has 0 saturated carbocycles. The molecule has 5 aromatic rings. The van der Waals surface area contributed by atoms with Crippen molar-refractivity contribution < 1.29 is 30.0 Å². The number of aromatic nitrogens is 1. The molecule has 0 spiro atoms. The largest absolute Gasteiger partial charge is 0.512 e. The second kappa shape index (κ2) is 16.4. The summed E-state index contributed by atoms with van der Waals surface area (Å²) >= 11 is 0. The molecule has 3 nitrogen and oxygen atoms in total. The van der Waals surface area contributed by atoms with E-state index in [9.17, 15) is 9.90 Å². The van der Waals surface area contributed by atoms with Crippen molar-refractivity contribution in [3.8, 4) is 11.3 Å². The summed E-state index contributed by atoms with van der Waals surface area (Å²) in [7, 11) is -0.444. The van der Waals surface area contributed by atoms with E-state index in [0.717, 1.165) is 36.9 Å². The van der Waals surface area contributed by atoms with Crippen molar-refractivity contribution >= 4 is 45.1 Å². The molecule has 1 atom stereocenters. The van der Waals surface area contributed by atoms with Gasteiger partial charge in [-0.15, -0.1) is 36.7 Å². The molecule has 5 rings (SSSR count). The fourth-order valence-corrected chi connectivity index (χ4v) is 9.31. The van der Waals surface area contributed by atoms with Gasteiger partial charge in [0.2, 0.25) is 0 Å². The van der Waals surface area contributed by atoms with Crippen molar-refractivity contribution in [2.45, 2.75) is 99.1 Å². The molecule has 3 aromatic carbocycles. The van der Waals surface area contributed by atoms with Gasteiger partial charge in [0.05, 0.1) is 5.76 Å². The van der Waals surface area contributed by atoms with E-state index in [-0.39, 0.29) is 48.9 Å². The number of hydrogen-bond acceptors (Lipinski definition) is 3. The van der Waals surface area contributed by atoms with E-state index in [2.05, 4.69) is 101 Å². The number of hydrogen-bond donors (Lipinski definition) is 1. The van der Waals surface area contributed by atoms with E-state index >= 15 is 0 Å². The second-order valence-electron chi connectivity index (χ2n) is 13.4. The van der Waals surface area contributed by atoms with Gasteiger partial charge in [0.25, 0.3) is 0 Å². The van der Waals surface area contributed by atoms with Crippen molar-refractivity contribution in [1.82, 2.24) is 4.98 Å². The van der Waals surface area contributed by atoms with Crippen molar-refractivity contribution in [2.24, 2.45) is 11.8 Å². The van der Waals surface area contributed by atoms with Crippen LogP contribution in [0.2, 0.25) is 0 Å². The minimum atomic E-state index is -0.444. The average Bonchev–Trinajstić information content (AvgIpc) is 3.36. The Morgan fingerprint density at radius 2 is 1.46 bits per heavy atom. The first-order valence-electron chi connectivity index (χ1n) is 16.7. The number of carbonyl (C=O) groups excluding carboxylic acids is 1. The molecule has 2 aromatic heterocycles. The maximum Gasteiger partial charge on any atom is 0.162 e. The first-order chi connectivity index (χ1) is 21.5. The molecule has 0 aliphatic heterocycles. The molecule has 0 aliphatic rings. The van der Waals surface area contributed by atoms with Crippen molar-refractivity contribution in [3.63, 3.8) is 0 Å². The molecule has 46 heavy (non-hydrogen) atoms. The summed E-state index contributed by atoms with van der Waals surface area (Å²) in [5, 5.41) is 17.9. The maximum atomic E-state index is 11.7. The Labute approximate surface area is 291 Å². The third-order valence-electron chi connectivity index (χ3n) is 9.06. The number of aliphatic hydroxyl groups is 1. The van der Waals surface area contributed by atoms with Crippen LogP contribution in [-0.2, 0) is 30.3 Å². The summed E-state index contributed by atoms with van der Waals surface area (Å²) in [5.41, 5.74) is 4.20. The summed E-state index contributed by atoms with van der Waals surface area (Å²) < 4.78 is 0. The molecule has 0 bridgehead atoms. The van der Waals surface area contributed by atoms with Crippen LogP contribution in [-0.4, -0.2) is 15.9 Å². The summed E-state index contributed by atoms with van der Waals surface area (Å²) in [6.07, 6.45) is 6.88. The first kappa shape index (κ1) is 37.7. The van der Waals surface area contributed by atoms with Crippen LogP contribution >= 0.6 is 7.53 Å². The number of benzene rings is 3. The van der Waals surface area contributed by atoms with E-state index in [4.69, 9.17) is 4.98 Å². The number of ketones is 1. The van der Waals surface area contributed by atoms with Gasteiger partial charge in [-0.2, -0.15) is 0 Å². The monoisotopic (exact) mass is 813 g/mol. The van der Waals surface area contributed by atoms with Crippen LogP contribution in [0.1, 0.15) is 99.2 Å². The number of fused-ring (bicyclic) bond motifs is 4.